The van der Waals surface area contributed by atoms with Crippen LogP contribution in [-0.4, -0.2) is 108 Å². The van der Waals surface area contributed by atoms with Crippen molar-refractivity contribution in [2.24, 2.45) is 5.92 Å². The third kappa shape index (κ3) is 10.1. The Morgan fingerprint density at radius 3 is 2.11 bits per heavy atom. The SMILES string of the molecule is Cc1cc(Nc2cc(N3CCN(C)CC3)nc(Sc3ccc(NC(=O)C4CC4)cc3)n2)n[nH]1.O=C(O)CC(O)(CC(=O)O)C(=O)O. The normalized spacial score (nSPS) is 15.0. The van der Waals surface area contributed by atoms with Gasteiger partial charge in [-0.3, -0.25) is 19.5 Å². The fourth-order valence-electron chi connectivity index (χ4n) is 4.35. The number of aryl methyl sites for hydroxylation is 1. The molecule has 2 fully saturated rings. The fourth-order valence-corrected chi connectivity index (χ4v) is 5.12. The van der Waals surface area contributed by atoms with E-state index in [0.717, 1.165) is 66.9 Å². The third-order valence-electron chi connectivity index (χ3n) is 7.05. The molecule has 0 atom stereocenters. The number of carbonyl (C=O) groups excluding carboxylic acids is 1. The number of carboxylic acid groups (broad SMARTS) is 3. The van der Waals surface area contributed by atoms with E-state index in [1.54, 1.807) is 0 Å². The van der Waals surface area contributed by atoms with Crippen molar-refractivity contribution in [2.45, 2.75) is 48.3 Å². The number of amides is 1. The van der Waals surface area contributed by atoms with Gasteiger partial charge in [-0.05, 0) is 62.8 Å². The number of H-pyrrole nitrogens is 1. The molecule has 1 aliphatic heterocycles. The van der Waals surface area contributed by atoms with Crippen LogP contribution in [0.25, 0.3) is 0 Å². The predicted molar refractivity (Wildman–Crippen MR) is 167 cm³/mol. The molecular formula is C29H36N8O8S. The minimum Gasteiger partial charge on any atom is -0.481 e. The zero-order chi connectivity index (χ0) is 33.4. The first kappa shape index (κ1) is 34.1. The molecule has 7 N–H and O–H groups in total. The number of nitrogens with zero attached hydrogens (tertiary/aromatic N) is 5. The van der Waals surface area contributed by atoms with Crippen LogP contribution in [0.15, 0.2) is 46.5 Å². The molecule has 1 aromatic carbocycles. The Kier molecular flexibility index (Phi) is 11.2. The Bertz CT molecular complexity index is 1540. The van der Waals surface area contributed by atoms with Crippen LogP contribution in [0.3, 0.4) is 0 Å². The number of hydrogen-bond donors (Lipinski definition) is 7. The molecule has 2 aliphatic rings. The maximum absolute atomic E-state index is 12.0. The van der Waals surface area contributed by atoms with E-state index < -0.39 is 36.4 Å². The van der Waals surface area contributed by atoms with Gasteiger partial charge < -0.3 is 40.9 Å². The molecule has 0 bridgehead atoms. The molecule has 1 aliphatic carbocycles. The molecule has 0 spiro atoms. The highest BCUT2D eigenvalue weighted by Gasteiger charge is 2.40. The number of aromatic nitrogens is 4. The number of aliphatic carboxylic acids is 3. The molecule has 1 saturated carbocycles. The molecule has 0 unspecified atom stereocenters. The summed E-state index contributed by atoms with van der Waals surface area (Å²) in [6.07, 6.45) is -0.298. The molecular weight excluding hydrogens is 620 g/mol. The van der Waals surface area contributed by atoms with Crippen LogP contribution in [0.4, 0.5) is 23.1 Å². The summed E-state index contributed by atoms with van der Waals surface area (Å²) in [7, 11) is 2.14. The third-order valence-corrected chi connectivity index (χ3v) is 7.92. The number of aromatic amines is 1. The molecule has 46 heavy (non-hydrogen) atoms. The number of carbonyl (C=O) groups is 4. The number of carboxylic acids is 3. The second kappa shape index (κ2) is 15.0. The molecule has 1 saturated heterocycles. The van der Waals surface area contributed by atoms with E-state index in [2.05, 4.69) is 37.7 Å². The van der Waals surface area contributed by atoms with Gasteiger partial charge in [-0.25, -0.2) is 14.8 Å². The van der Waals surface area contributed by atoms with Crippen LogP contribution in [0.5, 0.6) is 0 Å². The van der Waals surface area contributed by atoms with Gasteiger partial charge in [0.2, 0.25) is 5.91 Å². The smallest absolute Gasteiger partial charge is 0.336 e. The van der Waals surface area contributed by atoms with Crippen molar-refractivity contribution in [2.75, 3.05) is 48.8 Å². The van der Waals surface area contributed by atoms with E-state index in [4.69, 9.17) is 30.4 Å². The molecule has 3 heterocycles. The maximum Gasteiger partial charge on any atom is 0.336 e. The van der Waals surface area contributed by atoms with Crippen molar-refractivity contribution in [3.63, 3.8) is 0 Å². The molecule has 16 nitrogen and oxygen atoms in total. The summed E-state index contributed by atoms with van der Waals surface area (Å²) in [4.78, 5) is 57.7. The van der Waals surface area contributed by atoms with E-state index in [9.17, 15) is 19.2 Å². The summed E-state index contributed by atoms with van der Waals surface area (Å²) < 4.78 is 0. The van der Waals surface area contributed by atoms with E-state index in [-0.39, 0.29) is 11.8 Å². The summed E-state index contributed by atoms with van der Waals surface area (Å²) in [5.41, 5.74) is -0.938. The lowest BCUT2D eigenvalue weighted by Gasteiger charge is -2.33. The highest BCUT2D eigenvalue weighted by Crippen LogP contribution is 2.32. The number of benzene rings is 1. The Morgan fingerprint density at radius 1 is 0.957 bits per heavy atom. The number of aliphatic hydroxyl groups is 1. The van der Waals surface area contributed by atoms with Crippen LogP contribution >= 0.6 is 11.8 Å². The van der Waals surface area contributed by atoms with Crippen LogP contribution < -0.4 is 15.5 Å². The second-order valence-corrected chi connectivity index (χ2v) is 12.2. The lowest BCUT2D eigenvalue weighted by molar-refractivity contribution is -0.170. The molecule has 5 rings (SSSR count). The zero-order valence-corrected chi connectivity index (χ0v) is 26.1. The van der Waals surface area contributed by atoms with Gasteiger partial charge in [0.05, 0.1) is 12.8 Å². The Hall–Kier alpha value is -4.74. The summed E-state index contributed by atoms with van der Waals surface area (Å²) >= 11 is 1.50. The van der Waals surface area contributed by atoms with E-state index >= 15 is 0 Å². The molecule has 2 aromatic heterocycles. The number of anilines is 4. The average molecular weight is 657 g/mol. The van der Waals surface area contributed by atoms with Crippen LogP contribution in [-0.2, 0) is 19.2 Å². The van der Waals surface area contributed by atoms with Crippen LogP contribution in [0, 0.1) is 12.8 Å². The Balaban J connectivity index is 0.000000315. The number of rotatable bonds is 12. The quantitative estimate of drug-likeness (QED) is 0.139. The van der Waals surface area contributed by atoms with Crippen molar-refractivity contribution in [1.82, 2.24) is 25.1 Å². The summed E-state index contributed by atoms with van der Waals surface area (Å²) in [5.74, 6) is -2.38. The van der Waals surface area contributed by atoms with Gasteiger partial charge in [-0.2, -0.15) is 5.10 Å². The van der Waals surface area contributed by atoms with E-state index in [1.165, 1.54) is 11.8 Å². The van der Waals surface area contributed by atoms with Crippen molar-refractivity contribution in [3.8, 4) is 0 Å². The summed E-state index contributed by atoms with van der Waals surface area (Å²) in [6.45, 7) is 5.82. The van der Waals surface area contributed by atoms with Gasteiger partial charge in [-0.15, -0.1) is 0 Å². The van der Waals surface area contributed by atoms with Crippen LogP contribution in [0.1, 0.15) is 31.4 Å². The predicted octanol–water partition coefficient (Wildman–Crippen LogP) is 2.25. The van der Waals surface area contributed by atoms with Gasteiger partial charge in [0.25, 0.3) is 0 Å². The number of hydrogen-bond acceptors (Lipinski definition) is 12. The monoisotopic (exact) mass is 656 g/mol. The molecule has 0 radical (unpaired) electrons. The number of piperazine rings is 1. The first-order valence-corrected chi connectivity index (χ1v) is 15.2. The summed E-state index contributed by atoms with van der Waals surface area (Å²) in [6, 6.07) is 11.8. The highest BCUT2D eigenvalue weighted by molar-refractivity contribution is 7.99. The zero-order valence-electron chi connectivity index (χ0n) is 25.3. The largest absolute Gasteiger partial charge is 0.481 e. The van der Waals surface area contributed by atoms with Crippen LogP contribution in [0.2, 0.25) is 0 Å². The van der Waals surface area contributed by atoms with E-state index in [1.807, 2.05) is 43.3 Å². The first-order chi connectivity index (χ1) is 21.8. The van der Waals surface area contributed by atoms with Crippen molar-refractivity contribution in [3.05, 3.63) is 42.1 Å². The van der Waals surface area contributed by atoms with Crippen molar-refractivity contribution in [1.29, 1.82) is 0 Å². The van der Waals surface area contributed by atoms with E-state index in [0.29, 0.717) is 11.0 Å². The first-order valence-electron chi connectivity index (χ1n) is 14.4. The Labute approximate surface area is 268 Å². The number of nitrogens with one attached hydrogen (secondary N) is 3. The maximum atomic E-state index is 12.0. The van der Waals surface area contributed by atoms with Gasteiger partial charge in [0, 0.05) is 60.5 Å². The van der Waals surface area contributed by atoms with Crippen molar-refractivity contribution >= 4 is 58.7 Å². The van der Waals surface area contributed by atoms with Gasteiger partial charge >= 0.3 is 17.9 Å². The summed E-state index contributed by atoms with van der Waals surface area (Å²) in [5, 5.41) is 48.0. The minimum atomic E-state index is -2.74. The molecule has 1 amide bonds. The molecule has 17 heteroatoms. The highest BCUT2D eigenvalue weighted by atomic mass is 32.2. The number of likely N-dealkylation sites (N-methyl/N-ethyl adjacent to an activating group) is 1. The van der Waals surface area contributed by atoms with Gasteiger partial charge in [-0.1, -0.05) is 0 Å². The lowest BCUT2D eigenvalue weighted by atomic mass is 9.96. The van der Waals surface area contributed by atoms with Crippen molar-refractivity contribution < 1.29 is 39.6 Å². The lowest BCUT2D eigenvalue weighted by Crippen LogP contribution is -2.44. The Morgan fingerprint density at radius 2 is 1.59 bits per heavy atom. The minimum absolute atomic E-state index is 0.114. The molecule has 3 aromatic rings. The van der Waals surface area contributed by atoms with Gasteiger partial charge in [0.15, 0.2) is 16.6 Å². The fraction of sp³-hybridized carbons (Fsp3) is 0.414. The molecule has 246 valence electrons. The van der Waals surface area contributed by atoms with Gasteiger partial charge in [0.1, 0.15) is 11.6 Å². The second-order valence-electron chi connectivity index (χ2n) is 11.1. The standard InChI is InChI=1S/C23H28N8OS.C6H8O7/c1-15-13-20(29-28-15)25-19-14-21(31-11-9-30(2)10-12-31)27-23(26-19)33-18-7-5-17(6-8-18)24-22(32)16-3-4-16;7-3(8)1-6(13,5(11)12)2-4(9)10/h5-8,13-14,16H,3-4,9-12H2,1-2H3,(H,24,32)(H2,25,26,27,28,29);13H,1-2H2,(H,7,8)(H,9,10)(H,11,12). The average Bonchev–Trinajstić information content (AvgIpc) is 3.76. The topological polar surface area (TPSA) is 234 Å².